The van der Waals surface area contributed by atoms with Crippen LogP contribution in [0.1, 0.15) is 168 Å². The molecule has 2 heterocycles. The molecule has 392 valence electrons. The molecular formula is C54H93NO13. The van der Waals surface area contributed by atoms with Gasteiger partial charge in [-0.05, 0) is 64.2 Å². The van der Waals surface area contributed by atoms with Crippen molar-refractivity contribution in [1.82, 2.24) is 5.32 Å². The number of amides is 1. The minimum atomic E-state index is -1.79. The monoisotopic (exact) mass is 964 g/mol. The van der Waals surface area contributed by atoms with E-state index >= 15 is 0 Å². The van der Waals surface area contributed by atoms with Crippen molar-refractivity contribution in [2.45, 2.75) is 242 Å². The molecule has 12 unspecified atom stereocenters. The topological polar surface area (TPSA) is 228 Å². The zero-order valence-electron chi connectivity index (χ0n) is 41.6. The summed E-state index contributed by atoms with van der Waals surface area (Å²) >= 11 is 0. The predicted octanol–water partition coefficient (Wildman–Crippen LogP) is 7.21. The molecule has 2 rings (SSSR count). The summed E-state index contributed by atoms with van der Waals surface area (Å²) < 4.78 is 22.7. The van der Waals surface area contributed by atoms with Gasteiger partial charge in [0.2, 0.25) is 5.91 Å². The third-order valence-corrected chi connectivity index (χ3v) is 12.4. The number of unbranched alkanes of at least 4 members (excludes halogenated alkanes) is 14. The first-order valence-corrected chi connectivity index (χ1v) is 26.2. The maximum absolute atomic E-state index is 13.2. The Morgan fingerprint density at radius 1 is 0.544 bits per heavy atom. The second-order valence-electron chi connectivity index (χ2n) is 18.3. The second kappa shape index (κ2) is 40.1. The van der Waals surface area contributed by atoms with Crippen LogP contribution in [-0.2, 0) is 23.7 Å². The van der Waals surface area contributed by atoms with Crippen molar-refractivity contribution in [2.24, 2.45) is 0 Å². The molecule has 2 saturated heterocycles. The van der Waals surface area contributed by atoms with E-state index in [0.29, 0.717) is 12.8 Å². The Labute approximate surface area is 408 Å². The smallest absolute Gasteiger partial charge is 0.220 e. The van der Waals surface area contributed by atoms with Crippen LogP contribution in [0.5, 0.6) is 0 Å². The maximum atomic E-state index is 13.2. The fourth-order valence-corrected chi connectivity index (χ4v) is 8.18. The first-order valence-electron chi connectivity index (χ1n) is 26.2. The van der Waals surface area contributed by atoms with E-state index in [9.17, 15) is 45.6 Å². The lowest BCUT2D eigenvalue weighted by molar-refractivity contribution is -0.359. The molecule has 1 amide bonds. The first-order chi connectivity index (χ1) is 33.1. The number of carbonyl (C=O) groups is 1. The molecule has 14 heteroatoms. The standard InChI is InChI=1S/C54H93NO13/c1-3-5-7-9-11-13-15-17-18-19-20-21-22-23-24-26-28-30-32-34-36-38-46(59)55-42(43(58)37-35-33-31-29-27-25-16-14-12-10-8-6-4-2)41-65-53-51(64)49(62)52(45(40-57)67-53)68-54-50(63)48(61)47(60)44(39-56)66-54/h5,7,11,13,17-18,20-21,23-24,28,30,42-45,47-54,56-58,60-64H,3-4,6,8-10,12,14-16,19,22,25-27,29,31-41H2,1-2H3,(H,55,59)/b7-5-,13-11-,18-17-,21-20-,24-23-,30-28-. The van der Waals surface area contributed by atoms with E-state index in [-0.39, 0.29) is 18.9 Å². The quantitative estimate of drug-likeness (QED) is 0.0220. The van der Waals surface area contributed by atoms with Gasteiger partial charge in [-0.3, -0.25) is 4.79 Å². The second-order valence-corrected chi connectivity index (χ2v) is 18.3. The van der Waals surface area contributed by atoms with E-state index in [2.05, 4.69) is 92.1 Å². The number of aliphatic hydroxyl groups excluding tert-OH is 8. The van der Waals surface area contributed by atoms with Crippen LogP contribution in [0.3, 0.4) is 0 Å². The molecule has 68 heavy (non-hydrogen) atoms. The maximum Gasteiger partial charge on any atom is 0.220 e. The summed E-state index contributed by atoms with van der Waals surface area (Å²) in [5.74, 6) is -0.253. The molecule has 0 aliphatic carbocycles. The molecule has 9 N–H and O–H groups in total. The molecule has 0 saturated carbocycles. The fraction of sp³-hybridized carbons (Fsp3) is 0.759. The number of aliphatic hydroxyl groups is 8. The Hall–Kier alpha value is -2.57. The Bertz CT molecular complexity index is 1420. The van der Waals surface area contributed by atoms with E-state index < -0.39 is 86.8 Å². The largest absolute Gasteiger partial charge is 0.394 e. The van der Waals surface area contributed by atoms with Gasteiger partial charge in [-0.15, -0.1) is 0 Å². The molecule has 0 aromatic carbocycles. The van der Waals surface area contributed by atoms with Crippen LogP contribution >= 0.6 is 0 Å². The number of nitrogens with one attached hydrogen (secondary N) is 1. The highest BCUT2D eigenvalue weighted by Crippen LogP contribution is 2.30. The third kappa shape index (κ3) is 26.6. The fourth-order valence-electron chi connectivity index (χ4n) is 8.18. The Kier molecular flexibility index (Phi) is 36.3. The minimum Gasteiger partial charge on any atom is -0.394 e. The van der Waals surface area contributed by atoms with Gasteiger partial charge in [0.05, 0.1) is 32.0 Å². The summed E-state index contributed by atoms with van der Waals surface area (Å²) in [6, 6.07) is -0.855. The number of hydrogen-bond acceptors (Lipinski definition) is 13. The van der Waals surface area contributed by atoms with E-state index in [1.165, 1.54) is 57.8 Å². The van der Waals surface area contributed by atoms with Crippen LogP contribution in [0.4, 0.5) is 0 Å². The molecule has 14 nitrogen and oxygen atoms in total. The highest BCUT2D eigenvalue weighted by atomic mass is 16.7. The summed E-state index contributed by atoms with van der Waals surface area (Å²) in [7, 11) is 0. The van der Waals surface area contributed by atoms with Gasteiger partial charge >= 0.3 is 0 Å². The van der Waals surface area contributed by atoms with Crippen LogP contribution in [0.15, 0.2) is 72.9 Å². The van der Waals surface area contributed by atoms with Crippen molar-refractivity contribution in [3.05, 3.63) is 72.9 Å². The third-order valence-electron chi connectivity index (χ3n) is 12.4. The van der Waals surface area contributed by atoms with Gasteiger partial charge in [0.15, 0.2) is 12.6 Å². The zero-order valence-corrected chi connectivity index (χ0v) is 41.6. The van der Waals surface area contributed by atoms with Crippen molar-refractivity contribution >= 4 is 5.91 Å². The summed E-state index contributed by atoms with van der Waals surface area (Å²) in [6.07, 6.45) is 33.3. The normalized spacial score (nSPS) is 27.0. The molecular weight excluding hydrogens is 871 g/mol. The average Bonchev–Trinajstić information content (AvgIpc) is 3.34. The van der Waals surface area contributed by atoms with E-state index in [1.807, 2.05) is 0 Å². The van der Waals surface area contributed by atoms with Gasteiger partial charge in [0, 0.05) is 6.42 Å². The SMILES string of the molecule is CC/C=C\C/C=C\C/C=C\C/C=C\C/C=C\C/C=C\CCCCC(=O)NC(COC1OC(CO)C(OC2OC(CO)C(O)C(O)C2O)C(O)C1O)C(O)CCCCCCCCCCCCCCC. The molecule has 0 bridgehead atoms. The number of allylic oxidation sites excluding steroid dienone is 12. The lowest BCUT2D eigenvalue weighted by atomic mass is 9.97. The van der Waals surface area contributed by atoms with E-state index in [0.717, 1.165) is 77.0 Å². The van der Waals surface area contributed by atoms with Crippen LogP contribution < -0.4 is 5.32 Å². The van der Waals surface area contributed by atoms with E-state index in [4.69, 9.17) is 18.9 Å². The molecule has 2 aliphatic heterocycles. The highest BCUT2D eigenvalue weighted by molar-refractivity contribution is 5.76. The summed E-state index contributed by atoms with van der Waals surface area (Å²) in [5.41, 5.74) is 0. The summed E-state index contributed by atoms with van der Waals surface area (Å²) in [4.78, 5) is 13.2. The number of hydrogen-bond donors (Lipinski definition) is 9. The molecule has 12 atom stereocenters. The lowest BCUT2D eigenvalue weighted by Crippen LogP contribution is -2.65. The average molecular weight is 964 g/mol. The van der Waals surface area contributed by atoms with Gasteiger partial charge < -0.3 is 65.1 Å². The van der Waals surface area contributed by atoms with Crippen LogP contribution in [-0.4, -0.2) is 140 Å². The molecule has 2 fully saturated rings. The highest BCUT2D eigenvalue weighted by Gasteiger charge is 2.51. The summed E-state index contributed by atoms with van der Waals surface area (Å²) in [6.45, 7) is 2.68. The van der Waals surface area contributed by atoms with Crippen LogP contribution in [0.2, 0.25) is 0 Å². The first kappa shape index (κ1) is 61.5. The molecule has 0 aromatic rings. The lowest BCUT2D eigenvalue weighted by Gasteiger charge is -2.46. The Morgan fingerprint density at radius 2 is 1.01 bits per heavy atom. The van der Waals surface area contributed by atoms with Gasteiger partial charge in [-0.2, -0.15) is 0 Å². The van der Waals surface area contributed by atoms with E-state index in [1.54, 1.807) is 0 Å². The number of carbonyl (C=O) groups excluding carboxylic acids is 1. The molecule has 0 radical (unpaired) electrons. The number of ether oxygens (including phenoxy) is 4. The van der Waals surface area contributed by atoms with Crippen molar-refractivity contribution in [3.63, 3.8) is 0 Å². The minimum absolute atomic E-state index is 0.245. The van der Waals surface area contributed by atoms with Gasteiger partial charge in [-0.25, -0.2) is 0 Å². The van der Waals surface area contributed by atoms with Crippen LogP contribution in [0, 0.1) is 0 Å². The zero-order chi connectivity index (χ0) is 49.6. The van der Waals surface area contributed by atoms with Crippen molar-refractivity contribution in [3.8, 4) is 0 Å². The summed E-state index contributed by atoms with van der Waals surface area (Å²) in [5, 5.41) is 86.9. The molecule has 2 aliphatic rings. The molecule has 0 aromatic heterocycles. The van der Waals surface area contributed by atoms with Gasteiger partial charge in [-0.1, -0.05) is 170 Å². The van der Waals surface area contributed by atoms with Crippen molar-refractivity contribution < 1.29 is 64.6 Å². The predicted molar refractivity (Wildman–Crippen MR) is 267 cm³/mol. The number of rotatable bonds is 39. The molecule has 0 spiro atoms. The van der Waals surface area contributed by atoms with Crippen LogP contribution in [0.25, 0.3) is 0 Å². The Balaban J connectivity index is 1.84. The van der Waals surface area contributed by atoms with Gasteiger partial charge in [0.1, 0.15) is 48.8 Å². The van der Waals surface area contributed by atoms with Crippen molar-refractivity contribution in [2.75, 3.05) is 19.8 Å². The van der Waals surface area contributed by atoms with Gasteiger partial charge in [0.25, 0.3) is 0 Å². The Morgan fingerprint density at radius 3 is 1.53 bits per heavy atom. The van der Waals surface area contributed by atoms with Crippen molar-refractivity contribution in [1.29, 1.82) is 0 Å².